The van der Waals surface area contributed by atoms with Crippen molar-refractivity contribution in [2.45, 2.75) is 39.7 Å². The van der Waals surface area contributed by atoms with Gasteiger partial charge in [-0.1, -0.05) is 6.92 Å². The van der Waals surface area contributed by atoms with Crippen molar-refractivity contribution in [1.82, 2.24) is 25.0 Å². The molecule has 3 rings (SSSR count). The van der Waals surface area contributed by atoms with Crippen molar-refractivity contribution in [2.24, 2.45) is 13.0 Å². The van der Waals surface area contributed by atoms with Gasteiger partial charge in [0.15, 0.2) is 5.65 Å². The first kappa shape index (κ1) is 16.9. The number of carbonyl (C=O) groups excluding carboxylic acids is 1. The SMILES string of the molecule is Cc1nn(C)c2ncc(C(=O)N[C@H](C)CN3CCC[C@@H](C)C3)cc12. The molecule has 2 aromatic heterocycles. The largest absolute Gasteiger partial charge is 0.348 e. The van der Waals surface area contributed by atoms with E-state index in [1.807, 2.05) is 20.0 Å². The Kier molecular flexibility index (Phi) is 4.85. The molecule has 3 heterocycles. The molecule has 1 amide bonds. The molecule has 0 radical (unpaired) electrons. The molecule has 1 saturated heterocycles. The summed E-state index contributed by atoms with van der Waals surface area (Å²) in [4.78, 5) is 19.4. The molecule has 1 aliphatic rings. The van der Waals surface area contributed by atoms with Gasteiger partial charge in [0.1, 0.15) is 0 Å². The number of carbonyl (C=O) groups is 1. The Hall–Kier alpha value is -1.95. The van der Waals surface area contributed by atoms with E-state index < -0.39 is 0 Å². The van der Waals surface area contributed by atoms with Gasteiger partial charge in [0.2, 0.25) is 0 Å². The quantitative estimate of drug-likeness (QED) is 0.933. The van der Waals surface area contributed by atoms with Crippen LogP contribution in [0, 0.1) is 12.8 Å². The van der Waals surface area contributed by atoms with Crippen LogP contribution >= 0.6 is 0 Å². The highest BCUT2D eigenvalue weighted by Gasteiger charge is 2.19. The molecule has 24 heavy (non-hydrogen) atoms. The van der Waals surface area contributed by atoms with E-state index in [-0.39, 0.29) is 11.9 Å². The number of nitrogens with one attached hydrogen (secondary N) is 1. The predicted molar refractivity (Wildman–Crippen MR) is 95.0 cm³/mol. The normalized spacial score (nSPS) is 20.2. The summed E-state index contributed by atoms with van der Waals surface area (Å²) in [6.07, 6.45) is 4.20. The lowest BCUT2D eigenvalue weighted by molar-refractivity contribution is 0.0920. The van der Waals surface area contributed by atoms with Crippen LogP contribution in [0.25, 0.3) is 11.0 Å². The molecule has 0 bridgehead atoms. The molecule has 0 spiro atoms. The Morgan fingerprint density at radius 2 is 2.29 bits per heavy atom. The van der Waals surface area contributed by atoms with E-state index in [4.69, 9.17) is 0 Å². The van der Waals surface area contributed by atoms with Crippen LogP contribution in [-0.4, -0.2) is 51.2 Å². The number of fused-ring (bicyclic) bond motifs is 1. The summed E-state index contributed by atoms with van der Waals surface area (Å²) in [5, 5.41) is 8.39. The molecule has 1 N–H and O–H groups in total. The van der Waals surface area contributed by atoms with Crippen LogP contribution < -0.4 is 5.32 Å². The van der Waals surface area contributed by atoms with Crippen molar-refractivity contribution in [2.75, 3.05) is 19.6 Å². The molecule has 2 aromatic rings. The summed E-state index contributed by atoms with van der Waals surface area (Å²) in [5.41, 5.74) is 2.29. The van der Waals surface area contributed by atoms with Crippen molar-refractivity contribution in [1.29, 1.82) is 0 Å². The monoisotopic (exact) mass is 329 g/mol. The summed E-state index contributed by atoms with van der Waals surface area (Å²) in [6, 6.07) is 2.00. The first-order chi connectivity index (χ1) is 11.4. The topological polar surface area (TPSA) is 63.1 Å². The number of piperidine rings is 1. The average molecular weight is 329 g/mol. The van der Waals surface area contributed by atoms with Crippen molar-refractivity contribution in [3.8, 4) is 0 Å². The second-order valence-corrected chi connectivity index (χ2v) is 7.19. The van der Waals surface area contributed by atoms with Crippen molar-refractivity contribution in [3.63, 3.8) is 0 Å². The molecular weight excluding hydrogens is 302 g/mol. The van der Waals surface area contributed by atoms with Gasteiger partial charge < -0.3 is 10.2 Å². The average Bonchev–Trinajstić information content (AvgIpc) is 2.81. The Balaban J connectivity index is 1.64. The molecule has 1 fully saturated rings. The van der Waals surface area contributed by atoms with Gasteiger partial charge in [-0.2, -0.15) is 5.10 Å². The van der Waals surface area contributed by atoms with E-state index in [9.17, 15) is 4.79 Å². The van der Waals surface area contributed by atoms with E-state index in [1.54, 1.807) is 10.9 Å². The first-order valence-electron chi connectivity index (χ1n) is 8.76. The summed E-state index contributed by atoms with van der Waals surface area (Å²) >= 11 is 0. The van der Waals surface area contributed by atoms with Gasteiger partial charge in [0.25, 0.3) is 5.91 Å². The molecule has 2 atom stereocenters. The molecule has 130 valence electrons. The summed E-state index contributed by atoms with van der Waals surface area (Å²) in [5.74, 6) is 0.687. The van der Waals surface area contributed by atoms with Crippen LogP contribution in [0.3, 0.4) is 0 Å². The lowest BCUT2D eigenvalue weighted by atomic mass is 10.00. The van der Waals surface area contributed by atoms with Crippen molar-refractivity contribution in [3.05, 3.63) is 23.5 Å². The molecule has 0 unspecified atom stereocenters. The minimum Gasteiger partial charge on any atom is -0.348 e. The standard InChI is InChI=1S/C18H27N5O/c1-12-6-5-7-23(10-12)11-13(2)20-18(24)15-8-16-14(3)21-22(4)17(16)19-9-15/h8-9,12-13H,5-7,10-11H2,1-4H3,(H,20,24)/t12-,13-/m1/s1. The summed E-state index contributed by atoms with van der Waals surface area (Å²) in [6.45, 7) is 9.46. The zero-order valence-corrected chi connectivity index (χ0v) is 15.0. The number of pyridine rings is 1. The molecule has 0 aliphatic carbocycles. The minimum atomic E-state index is -0.0646. The summed E-state index contributed by atoms with van der Waals surface area (Å²) < 4.78 is 1.74. The van der Waals surface area contributed by atoms with Crippen LogP contribution in [0.1, 0.15) is 42.7 Å². The van der Waals surface area contributed by atoms with Crippen LogP contribution in [0.15, 0.2) is 12.3 Å². The maximum Gasteiger partial charge on any atom is 0.253 e. The number of hydrogen-bond donors (Lipinski definition) is 1. The van der Waals surface area contributed by atoms with Crippen LogP contribution in [0.2, 0.25) is 0 Å². The highest BCUT2D eigenvalue weighted by atomic mass is 16.1. The third kappa shape index (κ3) is 3.59. The molecule has 1 aliphatic heterocycles. The maximum atomic E-state index is 12.5. The Morgan fingerprint density at radius 3 is 3.04 bits per heavy atom. The Labute approximate surface area is 143 Å². The number of amides is 1. The van der Waals surface area contributed by atoms with Gasteiger partial charge in [-0.3, -0.25) is 9.48 Å². The lowest BCUT2D eigenvalue weighted by Crippen LogP contribution is -2.45. The van der Waals surface area contributed by atoms with Crippen LogP contribution in [0.5, 0.6) is 0 Å². The van der Waals surface area contributed by atoms with Crippen molar-refractivity contribution >= 4 is 16.9 Å². The maximum absolute atomic E-state index is 12.5. The molecular formula is C18H27N5O. The first-order valence-corrected chi connectivity index (χ1v) is 8.76. The highest BCUT2D eigenvalue weighted by molar-refractivity contribution is 5.97. The van der Waals surface area contributed by atoms with E-state index in [0.717, 1.165) is 42.3 Å². The number of aryl methyl sites for hydroxylation is 2. The fourth-order valence-electron chi connectivity index (χ4n) is 3.62. The zero-order valence-electron chi connectivity index (χ0n) is 15.0. The highest BCUT2D eigenvalue weighted by Crippen LogP contribution is 2.17. The smallest absolute Gasteiger partial charge is 0.253 e. The number of nitrogens with zero attached hydrogens (tertiary/aromatic N) is 4. The van der Waals surface area contributed by atoms with E-state index in [2.05, 4.69) is 34.1 Å². The number of aromatic nitrogens is 3. The van der Waals surface area contributed by atoms with Gasteiger partial charge >= 0.3 is 0 Å². The third-order valence-electron chi connectivity index (χ3n) is 4.78. The second-order valence-electron chi connectivity index (χ2n) is 7.19. The van der Waals surface area contributed by atoms with Gasteiger partial charge in [0, 0.05) is 37.8 Å². The Bertz CT molecular complexity index is 738. The minimum absolute atomic E-state index is 0.0646. The number of likely N-dealkylation sites (tertiary alicyclic amines) is 1. The fourth-order valence-corrected chi connectivity index (χ4v) is 3.62. The number of hydrogen-bond acceptors (Lipinski definition) is 4. The van der Waals surface area contributed by atoms with Crippen molar-refractivity contribution < 1.29 is 4.79 Å². The molecule has 6 nitrogen and oxygen atoms in total. The Morgan fingerprint density at radius 1 is 1.50 bits per heavy atom. The van der Waals surface area contributed by atoms with Gasteiger partial charge in [0.05, 0.1) is 11.3 Å². The number of rotatable bonds is 4. The van der Waals surface area contributed by atoms with E-state index in [1.165, 1.54) is 12.8 Å². The summed E-state index contributed by atoms with van der Waals surface area (Å²) in [7, 11) is 1.86. The van der Waals surface area contributed by atoms with Crippen LogP contribution in [0.4, 0.5) is 0 Å². The van der Waals surface area contributed by atoms with Crippen LogP contribution in [-0.2, 0) is 7.05 Å². The van der Waals surface area contributed by atoms with Gasteiger partial charge in [-0.05, 0) is 45.2 Å². The third-order valence-corrected chi connectivity index (χ3v) is 4.78. The van der Waals surface area contributed by atoms with E-state index in [0.29, 0.717) is 5.56 Å². The molecule has 0 aromatic carbocycles. The second kappa shape index (κ2) is 6.89. The molecule has 0 saturated carbocycles. The van der Waals surface area contributed by atoms with E-state index >= 15 is 0 Å². The fraction of sp³-hybridized carbons (Fsp3) is 0.611. The predicted octanol–water partition coefficient (Wildman–Crippen LogP) is 2.13. The lowest BCUT2D eigenvalue weighted by Gasteiger charge is -2.32. The van der Waals surface area contributed by atoms with Gasteiger partial charge in [-0.25, -0.2) is 4.98 Å². The van der Waals surface area contributed by atoms with Gasteiger partial charge in [-0.15, -0.1) is 0 Å². The molecule has 6 heteroatoms. The zero-order chi connectivity index (χ0) is 17.3.